The van der Waals surface area contributed by atoms with Crippen LogP contribution in [0.1, 0.15) is 83.1 Å². The van der Waals surface area contributed by atoms with Crippen molar-refractivity contribution in [2.24, 2.45) is 0 Å². The van der Waals surface area contributed by atoms with E-state index >= 15 is 0 Å². The van der Waals surface area contributed by atoms with Crippen LogP contribution in [0.15, 0.2) is 155 Å². The van der Waals surface area contributed by atoms with E-state index in [1.807, 2.05) is 156 Å². The summed E-state index contributed by atoms with van der Waals surface area (Å²) in [6, 6.07) is 48.5. The molecule has 0 bridgehead atoms. The normalized spacial score (nSPS) is 18.2. The number of rotatable bonds is 9. The number of halogens is 4. The maximum atomic E-state index is 12.4. The highest BCUT2D eigenvalue weighted by atomic mass is 127. The van der Waals surface area contributed by atoms with Crippen LogP contribution in [0.2, 0.25) is 0 Å². The highest BCUT2D eigenvalue weighted by molar-refractivity contribution is 14.1. The molecule has 0 amide bonds. The topological polar surface area (TPSA) is 125 Å². The quantitative estimate of drug-likeness (QED) is 0.0780. The molecule has 11 nitrogen and oxygen atoms in total. The van der Waals surface area contributed by atoms with Gasteiger partial charge in [-0.2, -0.15) is 0 Å². The molecule has 0 aliphatic carbocycles. The first-order valence-corrected chi connectivity index (χ1v) is 36.7. The third-order valence-corrected chi connectivity index (χ3v) is 20.1. The molecule has 0 aromatic heterocycles. The van der Waals surface area contributed by atoms with Gasteiger partial charge in [0.15, 0.2) is 6.49 Å². The van der Waals surface area contributed by atoms with E-state index in [0.29, 0.717) is 5.30 Å². The van der Waals surface area contributed by atoms with E-state index < -0.39 is 35.3 Å². The first-order valence-electron chi connectivity index (χ1n) is 26.4. The predicted molar refractivity (Wildman–Crippen MR) is 357 cm³/mol. The van der Waals surface area contributed by atoms with Gasteiger partial charge in [0.2, 0.25) is 0 Å². The lowest BCUT2D eigenvalue weighted by Crippen LogP contribution is -2.41. The molecule has 81 heavy (non-hydrogen) atoms. The molecule has 0 N–H and O–H groups in total. The summed E-state index contributed by atoms with van der Waals surface area (Å²) in [5, 5.41) is 1.46. The van der Waals surface area contributed by atoms with Crippen LogP contribution in [0.25, 0.3) is 33.4 Å². The Morgan fingerprint density at radius 1 is 0.407 bits per heavy atom. The second-order valence-corrected chi connectivity index (χ2v) is 36.9. The minimum atomic E-state index is -3.23. The van der Waals surface area contributed by atoms with Crippen molar-refractivity contribution in [1.82, 2.24) is 0 Å². The summed E-state index contributed by atoms with van der Waals surface area (Å²) in [5.74, 6) is 0. The number of benzene rings is 6. The van der Waals surface area contributed by atoms with Crippen LogP contribution >= 0.6 is 86.9 Å². The Hall–Kier alpha value is -2.14. The Morgan fingerprint density at radius 3 is 0.914 bits per heavy atom. The van der Waals surface area contributed by atoms with E-state index in [-0.39, 0.29) is 40.7 Å². The van der Waals surface area contributed by atoms with E-state index in [1.165, 1.54) is 47.8 Å². The summed E-state index contributed by atoms with van der Waals surface area (Å²) in [6.45, 7) is 28.8. The molecule has 6 aromatic carbocycles. The SMILES string of the molecule is Brc1ccc(-c2ccc(I)cc2)cc1.CC1(C)OB(B2OC(C)(C)C(C)(C)O2)OC1(C)C.COP(=O)(OC)c1ccc(-c2ccc(B3OC(C)(C)C(C)(C)O3)cc2)cc1.CP(C)(=O)Cl.CP(C)(=O)c1ccc(-c2ccc(Br)cc2)cc1. The van der Waals surface area contributed by atoms with E-state index in [9.17, 15) is 13.7 Å². The van der Waals surface area contributed by atoms with Crippen molar-refractivity contribution in [2.45, 2.75) is 117 Å². The molecule has 0 radical (unpaired) electrons. The number of hydrogen-bond donors (Lipinski definition) is 0. The molecule has 3 saturated heterocycles. The second-order valence-electron chi connectivity index (χ2n) is 23.5. The van der Waals surface area contributed by atoms with E-state index in [0.717, 1.165) is 36.4 Å². The van der Waals surface area contributed by atoms with E-state index in [2.05, 4.69) is 115 Å². The Labute approximate surface area is 519 Å². The fourth-order valence-corrected chi connectivity index (χ4v) is 10.7. The third-order valence-electron chi connectivity index (χ3n) is 14.9. The zero-order valence-electron chi connectivity index (χ0n) is 49.9. The Kier molecular flexibility index (Phi) is 23.8. The van der Waals surface area contributed by atoms with Crippen molar-refractivity contribution in [1.29, 1.82) is 0 Å². The van der Waals surface area contributed by atoms with Gasteiger partial charge in [-0.15, -0.1) is 0 Å². The van der Waals surface area contributed by atoms with Crippen LogP contribution in [-0.2, 0) is 50.7 Å². The molecule has 3 aliphatic heterocycles. The summed E-state index contributed by atoms with van der Waals surface area (Å²) in [6.07, 6.45) is 0. The molecule has 3 heterocycles. The van der Waals surface area contributed by atoms with Gasteiger partial charge in [-0.25, -0.2) is 0 Å². The van der Waals surface area contributed by atoms with Crippen LogP contribution in [0.3, 0.4) is 0 Å². The summed E-state index contributed by atoms with van der Waals surface area (Å²) >= 11 is 14.2. The molecule has 436 valence electrons. The lowest BCUT2D eigenvalue weighted by molar-refractivity contribution is 0.00578. The smallest absolute Gasteiger partial charge is 0.405 e. The molecule has 3 fully saturated rings. The Morgan fingerprint density at radius 2 is 0.642 bits per heavy atom. The van der Waals surface area contributed by atoms with Gasteiger partial charge in [0.1, 0.15) is 7.14 Å². The molecular formula is C60H78B3Br2ClIO11P3. The lowest BCUT2D eigenvalue weighted by Gasteiger charge is -2.32. The van der Waals surface area contributed by atoms with Crippen molar-refractivity contribution in [2.75, 3.05) is 40.9 Å². The van der Waals surface area contributed by atoms with Crippen LogP contribution in [-0.4, -0.2) is 95.6 Å². The van der Waals surface area contributed by atoms with Gasteiger partial charge in [0.25, 0.3) is 0 Å². The largest absolute Gasteiger partial charge is 0.494 e. The van der Waals surface area contributed by atoms with Crippen molar-refractivity contribution < 1.29 is 50.7 Å². The maximum absolute atomic E-state index is 12.4. The van der Waals surface area contributed by atoms with Crippen molar-refractivity contribution in [3.05, 3.63) is 158 Å². The zero-order chi connectivity index (χ0) is 60.8. The highest BCUT2D eigenvalue weighted by Crippen LogP contribution is 2.46. The zero-order valence-corrected chi connectivity index (χ0v) is 58.7. The van der Waals surface area contributed by atoms with Gasteiger partial charge < -0.3 is 46.1 Å². The minimum absolute atomic E-state index is 0.358. The molecule has 21 heteroatoms. The van der Waals surface area contributed by atoms with Crippen LogP contribution < -0.4 is 16.1 Å². The molecule has 6 aromatic rings. The average Bonchev–Trinajstić information content (AvgIpc) is 4.10. The fourth-order valence-electron chi connectivity index (χ4n) is 7.87. The molecule has 0 atom stereocenters. The van der Waals surface area contributed by atoms with Crippen molar-refractivity contribution in [3.63, 3.8) is 0 Å². The van der Waals surface area contributed by atoms with Gasteiger partial charge in [0.05, 0.1) is 38.9 Å². The fraction of sp³-hybridized carbons (Fsp3) is 0.400. The number of hydrogen-bond acceptors (Lipinski definition) is 11. The van der Waals surface area contributed by atoms with Gasteiger partial charge >= 0.3 is 28.7 Å². The standard InChI is InChI=1S/C20H26BO5P.C14H14BrOP.C12H24B2O4.C12H8BrI.C2H6ClOP/c1-19(2)20(3,4)26-21(25-19)17-11-7-15(8-12-17)16-9-13-18(14-10-16)27(22,23-5)24-6;1-17(2,16)14-9-5-12(6-10-14)11-3-7-13(15)8-4-11;1-9(2)10(3,4)16-13(15-9)14-17-11(5,6)12(7,8)18-14;13-11-5-1-9(2-6-11)10-3-7-12(14)8-4-10;1-5(2,3)4/h7-14H,1-6H3;3-10H,1-2H3;1-8H3;1-8H;1-2H3. The average molecular weight is 1420 g/mol. The Balaban J connectivity index is 0.000000198. The monoisotopic (exact) mass is 1420 g/mol. The second kappa shape index (κ2) is 27.7. The van der Waals surface area contributed by atoms with Gasteiger partial charge in [-0.1, -0.05) is 140 Å². The van der Waals surface area contributed by atoms with Gasteiger partial charge in [-0.05, 0) is 206 Å². The first kappa shape index (κ1) is 69.6. The summed E-state index contributed by atoms with van der Waals surface area (Å²) < 4.78 is 83.9. The van der Waals surface area contributed by atoms with Crippen LogP contribution in [0.5, 0.6) is 0 Å². The molecular weight excluding hydrogens is 1340 g/mol. The molecule has 0 saturated carbocycles. The van der Waals surface area contributed by atoms with E-state index in [4.69, 9.17) is 48.2 Å². The predicted octanol–water partition coefficient (Wildman–Crippen LogP) is 16.9. The summed E-state index contributed by atoms with van der Waals surface area (Å²) in [4.78, 5) is 0. The maximum Gasteiger partial charge on any atom is 0.494 e. The van der Waals surface area contributed by atoms with Gasteiger partial charge in [-0.3, -0.25) is 4.57 Å². The van der Waals surface area contributed by atoms with Crippen molar-refractivity contribution in [3.8, 4) is 33.4 Å². The summed E-state index contributed by atoms with van der Waals surface area (Å²) in [5.41, 5.74) is 5.72. The van der Waals surface area contributed by atoms with E-state index in [1.54, 1.807) is 25.5 Å². The lowest BCUT2D eigenvalue weighted by atomic mass is 9.49. The van der Waals surface area contributed by atoms with Crippen LogP contribution in [0, 0.1) is 3.57 Å². The molecule has 0 spiro atoms. The molecule has 9 rings (SSSR count). The molecule has 3 aliphatic rings. The van der Waals surface area contributed by atoms with Crippen molar-refractivity contribution >= 4 is 124 Å². The van der Waals surface area contributed by atoms with Gasteiger partial charge in [0, 0.05) is 45.4 Å². The molecule has 0 unspecified atom stereocenters. The summed E-state index contributed by atoms with van der Waals surface area (Å²) in [7, 11) is -3.93. The minimum Gasteiger partial charge on any atom is -0.405 e. The third kappa shape index (κ3) is 19.2. The Bertz CT molecular complexity index is 3020. The van der Waals surface area contributed by atoms with Crippen LogP contribution in [0.4, 0.5) is 0 Å². The first-order chi connectivity index (χ1) is 37.2. The highest BCUT2D eigenvalue weighted by Gasteiger charge is 2.63.